The quantitative estimate of drug-likeness (QED) is 0.0256. The molecule has 0 aromatic rings. The third kappa shape index (κ3) is 74.1. The van der Waals surface area contributed by atoms with Crippen LogP contribution in [0.25, 0.3) is 0 Å². The molecular formula is C78H156NO8P. The average molecular weight is 1270 g/mol. The first-order chi connectivity index (χ1) is 43.0. The topological polar surface area (TPSA) is 111 Å². The van der Waals surface area contributed by atoms with Gasteiger partial charge in [0.1, 0.15) is 19.8 Å². The van der Waals surface area contributed by atoms with Crippen LogP contribution in [0, 0.1) is 0 Å². The van der Waals surface area contributed by atoms with Gasteiger partial charge in [-0.2, -0.15) is 0 Å². The van der Waals surface area contributed by atoms with Crippen molar-refractivity contribution in [1.29, 1.82) is 0 Å². The number of quaternary nitrogens is 1. The highest BCUT2D eigenvalue weighted by atomic mass is 31.2. The minimum atomic E-state index is -4.64. The molecule has 0 amide bonds. The molecular weight excluding hydrogens is 1110 g/mol. The fourth-order valence-corrected chi connectivity index (χ4v) is 13.3. The predicted octanol–water partition coefficient (Wildman–Crippen LogP) is 25.4. The van der Waals surface area contributed by atoms with Crippen molar-refractivity contribution in [1.82, 2.24) is 0 Å². The number of carbonyl (C=O) groups is 2. The molecule has 0 aliphatic heterocycles. The van der Waals surface area contributed by atoms with Crippen LogP contribution >= 0.6 is 7.82 Å². The standard InChI is InChI=1S/C78H156NO8P/c1-6-8-10-12-14-16-18-20-22-24-26-28-30-32-34-36-38-39-40-41-43-45-47-49-51-53-55-57-59-61-63-65-67-69-71-78(81)87-76(75-86-88(82,83)85-73-72-79(3,4)5)74-84-77(80)70-68-66-64-62-60-58-56-54-52-50-48-46-44-42-37-35-33-31-29-27-25-23-21-19-17-15-13-11-9-7-2/h76H,6-75H2,1-5H3. The van der Waals surface area contributed by atoms with Gasteiger partial charge in [-0.15, -0.1) is 0 Å². The molecule has 0 rings (SSSR count). The molecule has 0 aromatic carbocycles. The third-order valence-corrected chi connectivity index (χ3v) is 19.6. The van der Waals surface area contributed by atoms with Crippen molar-refractivity contribution >= 4 is 19.8 Å². The molecule has 0 radical (unpaired) electrons. The van der Waals surface area contributed by atoms with Gasteiger partial charge in [-0.3, -0.25) is 14.2 Å². The van der Waals surface area contributed by atoms with Gasteiger partial charge in [-0.25, -0.2) is 0 Å². The predicted molar refractivity (Wildman–Crippen MR) is 379 cm³/mol. The van der Waals surface area contributed by atoms with Crippen LogP contribution in [-0.2, 0) is 32.7 Å². The molecule has 0 bridgehead atoms. The molecule has 0 aliphatic rings. The van der Waals surface area contributed by atoms with Crippen molar-refractivity contribution in [2.24, 2.45) is 0 Å². The first kappa shape index (κ1) is 87.0. The summed E-state index contributed by atoms with van der Waals surface area (Å²) >= 11 is 0. The number of carbonyl (C=O) groups excluding carboxylic acids is 2. The second-order valence-electron chi connectivity index (χ2n) is 28.8. The number of likely N-dealkylation sites (N-methyl/N-ethyl adjacent to an activating group) is 1. The summed E-state index contributed by atoms with van der Waals surface area (Å²) in [5, 5.41) is 0. The highest BCUT2D eigenvalue weighted by molar-refractivity contribution is 7.45. The Morgan fingerprint density at radius 1 is 0.307 bits per heavy atom. The lowest BCUT2D eigenvalue weighted by Gasteiger charge is -2.28. The molecule has 526 valence electrons. The number of nitrogens with zero attached hydrogens (tertiary/aromatic N) is 1. The van der Waals surface area contributed by atoms with Gasteiger partial charge in [0.05, 0.1) is 27.7 Å². The number of phosphoric ester groups is 1. The summed E-state index contributed by atoms with van der Waals surface area (Å²) in [5.41, 5.74) is 0. The first-order valence-corrected chi connectivity index (χ1v) is 41.2. The molecule has 0 aliphatic carbocycles. The first-order valence-electron chi connectivity index (χ1n) is 39.7. The van der Waals surface area contributed by atoms with Crippen LogP contribution in [0.15, 0.2) is 0 Å². The van der Waals surface area contributed by atoms with Crippen molar-refractivity contribution in [3.05, 3.63) is 0 Å². The van der Waals surface area contributed by atoms with Crippen molar-refractivity contribution in [3.63, 3.8) is 0 Å². The van der Waals surface area contributed by atoms with Crippen LogP contribution in [0.5, 0.6) is 0 Å². The van der Waals surface area contributed by atoms with Gasteiger partial charge >= 0.3 is 11.9 Å². The van der Waals surface area contributed by atoms with E-state index in [-0.39, 0.29) is 32.0 Å². The number of phosphoric acid groups is 1. The Morgan fingerprint density at radius 3 is 0.727 bits per heavy atom. The van der Waals surface area contributed by atoms with E-state index in [4.69, 9.17) is 18.5 Å². The minimum absolute atomic E-state index is 0.0246. The number of rotatable bonds is 76. The van der Waals surface area contributed by atoms with Gasteiger partial charge in [0.25, 0.3) is 7.82 Å². The highest BCUT2D eigenvalue weighted by Crippen LogP contribution is 2.38. The van der Waals surface area contributed by atoms with Gasteiger partial charge in [0.15, 0.2) is 6.10 Å². The van der Waals surface area contributed by atoms with E-state index in [0.29, 0.717) is 17.4 Å². The van der Waals surface area contributed by atoms with Crippen molar-refractivity contribution in [2.45, 2.75) is 444 Å². The van der Waals surface area contributed by atoms with Crippen LogP contribution in [0.2, 0.25) is 0 Å². The van der Waals surface area contributed by atoms with Gasteiger partial charge in [0.2, 0.25) is 0 Å². The molecule has 0 saturated carbocycles. The van der Waals surface area contributed by atoms with Crippen molar-refractivity contribution < 1.29 is 42.1 Å². The summed E-state index contributed by atoms with van der Waals surface area (Å²) in [4.78, 5) is 38.2. The maximum absolute atomic E-state index is 12.9. The largest absolute Gasteiger partial charge is 0.756 e. The number of hydrogen-bond acceptors (Lipinski definition) is 8. The number of esters is 2. The summed E-state index contributed by atoms with van der Waals surface area (Å²) in [6, 6.07) is 0. The fourth-order valence-electron chi connectivity index (χ4n) is 12.5. The molecule has 9 nitrogen and oxygen atoms in total. The Balaban J connectivity index is 3.89. The van der Waals surface area contributed by atoms with Crippen LogP contribution in [0.1, 0.15) is 438 Å². The molecule has 0 spiro atoms. The molecule has 0 aromatic heterocycles. The summed E-state index contributed by atoms with van der Waals surface area (Å²) in [6.45, 7) is 4.35. The smallest absolute Gasteiger partial charge is 0.306 e. The van der Waals surface area contributed by atoms with Crippen LogP contribution < -0.4 is 4.89 Å². The second-order valence-corrected chi connectivity index (χ2v) is 30.2. The van der Waals surface area contributed by atoms with Gasteiger partial charge in [-0.1, -0.05) is 412 Å². The van der Waals surface area contributed by atoms with E-state index in [0.717, 1.165) is 32.1 Å². The molecule has 2 atom stereocenters. The van der Waals surface area contributed by atoms with E-state index in [9.17, 15) is 19.0 Å². The molecule has 88 heavy (non-hydrogen) atoms. The monoisotopic (exact) mass is 1270 g/mol. The zero-order valence-electron chi connectivity index (χ0n) is 60.2. The van der Waals surface area contributed by atoms with Crippen molar-refractivity contribution in [3.8, 4) is 0 Å². The number of hydrogen-bond donors (Lipinski definition) is 0. The normalized spacial score (nSPS) is 12.9. The van der Waals surface area contributed by atoms with E-state index in [1.807, 2.05) is 21.1 Å². The average Bonchev–Trinajstić information content (AvgIpc) is 3.68. The lowest BCUT2D eigenvalue weighted by molar-refractivity contribution is -0.870. The van der Waals surface area contributed by atoms with E-state index in [1.165, 1.54) is 372 Å². The Morgan fingerprint density at radius 2 is 0.511 bits per heavy atom. The Labute approximate surface area is 550 Å². The van der Waals surface area contributed by atoms with Crippen LogP contribution in [-0.4, -0.2) is 70.0 Å². The fraction of sp³-hybridized carbons (Fsp3) is 0.974. The van der Waals surface area contributed by atoms with E-state index in [2.05, 4.69) is 13.8 Å². The molecule has 2 unspecified atom stereocenters. The number of ether oxygens (including phenoxy) is 2. The van der Waals surface area contributed by atoms with Gasteiger partial charge in [0, 0.05) is 12.8 Å². The lowest BCUT2D eigenvalue weighted by Crippen LogP contribution is -2.37. The third-order valence-electron chi connectivity index (χ3n) is 18.6. The summed E-state index contributed by atoms with van der Waals surface area (Å²) in [6.07, 6.45) is 86.6. The lowest BCUT2D eigenvalue weighted by atomic mass is 10.0. The molecule has 0 fully saturated rings. The zero-order chi connectivity index (χ0) is 64.1. The van der Waals surface area contributed by atoms with Crippen LogP contribution in [0.3, 0.4) is 0 Å². The van der Waals surface area contributed by atoms with E-state index in [1.54, 1.807) is 0 Å². The summed E-state index contributed by atoms with van der Waals surface area (Å²) < 4.78 is 34.4. The Bertz CT molecular complexity index is 1440. The Hall–Kier alpha value is -0.990. The van der Waals surface area contributed by atoms with Gasteiger partial charge in [-0.05, 0) is 12.8 Å². The van der Waals surface area contributed by atoms with Gasteiger partial charge < -0.3 is 27.9 Å². The summed E-state index contributed by atoms with van der Waals surface area (Å²) in [5.74, 6) is -0.800. The second kappa shape index (κ2) is 70.3. The van der Waals surface area contributed by atoms with E-state index >= 15 is 0 Å². The number of unbranched alkanes of at least 4 members (excludes halogenated alkanes) is 62. The SMILES string of the molecule is CCCCCCCCCCCCCCCCCCCCCCCCCCCCCCCCCCCCC(=O)OC(COC(=O)CCCCCCCCCCCCCCCCCCCCCCCCCCCCCCCC)COP(=O)([O-])OCC[N+](C)(C)C. The highest BCUT2D eigenvalue weighted by Gasteiger charge is 2.22. The summed E-state index contributed by atoms with van der Waals surface area (Å²) in [7, 11) is 1.20. The maximum Gasteiger partial charge on any atom is 0.306 e. The minimum Gasteiger partial charge on any atom is -0.756 e. The molecule has 0 N–H and O–H groups in total. The molecule has 0 heterocycles. The maximum atomic E-state index is 12.9. The van der Waals surface area contributed by atoms with Crippen LogP contribution in [0.4, 0.5) is 0 Å². The van der Waals surface area contributed by atoms with Crippen molar-refractivity contribution in [2.75, 3.05) is 47.5 Å². The van der Waals surface area contributed by atoms with E-state index < -0.39 is 26.5 Å². The zero-order valence-corrected chi connectivity index (χ0v) is 61.1. The Kier molecular flexibility index (Phi) is 69.5. The molecule has 10 heteroatoms. The molecule has 0 saturated heterocycles.